The third-order valence-corrected chi connectivity index (χ3v) is 4.05. The highest BCUT2D eigenvalue weighted by molar-refractivity contribution is 6.29. The van der Waals surface area contributed by atoms with Gasteiger partial charge in [0, 0.05) is 6.04 Å². The summed E-state index contributed by atoms with van der Waals surface area (Å²) in [7, 11) is 0. The molecule has 1 heterocycles. The van der Waals surface area contributed by atoms with Crippen LogP contribution in [0.3, 0.4) is 0 Å². The molecule has 1 saturated carbocycles. The number of anilines is 1. The number of nitrogens with one attached hydrogen (secondary N) is 1. The molecule has 1 aliphatic rings. The minimum absolute atomic E-state index is 0.304. The van der Waals surface area contributed by atoms with Crippen LogP contribution in [0, 0.1) is 11.3 Å². The zero-order valence-corrected chi connectivity index (χ0v) is 11.6. The summed E-state index contributed by atoms with van der Waals surface area (Å²) in [6.07, 6.45) is 3.35. The van der Waals surface area contributed by atoms with Gasteiger partial charge in [-0.2, -0.15) is 5.26 Å². The number of pyridine rings is 1. The van der Waals surface area contributed by atoms with Gasteiger partial charge in [0.25, 0.3) is 0 Å². The first-order chi connectivity index (χ1) is 9.72. The summed E-state index contributed by atoms with van der Waals surface area (Å²) >= 11 is 5.76. The average Bonchev–Trinajstić information content (AvgIpc) is 2.45. The van der Waals surface area contributed by atoms with Crippen LogP contribution in [0.25, 0.3) is 0 Å². The maximum Gasteiger partial charge on any atom is 0.129 e. The average molecular weight is 284 g/mol. The first-order valence-electron chi connectivity index (χ1n) is 6.57. The molecule has 0 spiro atoms. The van der Waals surface area contributed by atoms with Crippen molar-refractivity contribution in [2.24, 2.45) is 0 Å². The van der Waals surface area contributed by atoms with Gasteiger partial charge in [0.05, 0.1) is 23.4 Å². The van der Waals surface area contributed by atoms with E-state index in [1.54, 1.807) is 12.3 Å². The SMILES string of the molecule is N#CC1(c2ccccc2)CC(Nc2ccc(Cl)nc2)C1. The fourth-order valence-electron chi connectivity index (χ4n) is 2.73. The highest BCUT2D eigenvalue weighted by atomic mass is 35.5. The Kier molecular flexibility index (Phi) is 3.33. The second-order valence-electron chi connectivity index (χ2n) is 5.18. The lowest BCUT2D eigenvalue weighted by Crippen LogP contribution is -2.47. The third kappa shape index (κ3) is 2.35. The lowest BCUT2D eigenvalue weighted by atomic mass is 9.62. The van der Waals surface area contributed by atoms with Gasteiger partial charge >= 0.3 is 0 Å². The van der Waals surface area contributed by atoms with E-state index in [1.165, 1.54) is 0 Å². The summed E-state index contributed by atoms with van der Waals surface area (Å²) in [5.41, 5.74) is 1.70. The van der Waals surface area contributed by atoms with Gasteiger partial charge in [-0.25, -0.2) is 4.98 Å². The largest absolute Gasteiger partial charge is 0.381 e. The van der Waals surface area contributed by atoms with Gasteiger partial charge in [-0.15, -0.1) is 0 Å². The Balaban J connectivity index is 1.68. The maximum absolute atomic E-state index is 9.50. The van der Waals surface area contributed by atoms with Gasteiger partial charge in [0.2, 0.25) is 0 Å². The van der Waals surface area contributed by atoms with Gasteiger partial charge in [-0.05, 0) is 30.5 Å². The number of hydrogen-bond donors (Lipinski definition) is 1. The summed E-state index contributed by atoms with van der Waals surface area (Å²) in [5, 5.41) is 13.4. The van der Waals surface area contributed by atoms with Crippen molar-refractivity contribution in [2.45, 2.75) is 24.3 Å². The highest BCUT2D eigenvalue weighted by Crippen LogP contribution is 2.44. The molecule has 0 saturated heterocycles. The molecule has 0 amide bonds. The third-order valence-electron chi connectivity index (χ3n) is 3.83. The fraction of sp³-hybridized carbons (Fsp3) is 0.250. The summed E-state index contributed by atoms with van der Waals surface area (Å²) in [6, 6.07) is 16.5. The number of benzene rings is 1. The molecule has 0 bridgehead atoms. The number of halogens is 1. The van der Waals surface area contributed by atoms with Gasteiger partial charge in [0.15, 0.2) is 0 Å². The van der Waals surface area contributed by atoms with Crippen LogP contribution >= 0.6 is 11.6 Å². The Morgan fingerprint density at radius 2 is 1.95 bits per heavy atom. The van der Waals surface area contributed by atoms with Crippen LogP contribution in [0.5, 0.6) is 0 Å². The van der Waals surface area contributed by atoms with E-state index in [4.69, 9.17) is 11.6 Å². The van der Waals surface area contributed by atoms with E-state index in [-0.39, 0.29) is 5.41 Å². The van der Waals surface area contributed by atoms with E-state index < -0.39 is 0 Å². The monoisotopic (exact) mass is 283 g/mol. The Hall–Kier alpha value is -2.05. The summed E-state index contributed by atoms with van der Waals surface area (Å²) < 4.78 is 0. The lowest BCUT2D eigenvalue weighted by Gasteiger charge is -2.43. The standard InChI is InChI=1S/C16H14ClN3/c17-15-7-6-13(10-19-15)20-14-8-16(9-14,11-18)12-4-2-1-3-5-12/h1-7,10,14,20H,8-9H2. The molecule has 100 valence electrons. The molecule has 20 heavy (non-hydrogen) atoms. The van der Waals surface area contributed by atoms with Gasteiger partial charge in [-0.3, -0.25) is 0 Å². The second kappa shape index (κ2) is 5.15. The quantitative estimate of drug-likeness (QED) is 0.872. The molecule has 1 aliphatic carbocycles. The molecular weight excluding hydrogens is 270 g/mol. The zero-order chi connectivity index (χ0) is 14.0. The van der Waals surface area contributed by atoms with Crippen molar-refractivity contribution in [3.05, 3.63) is 59.4 Å². The number of aromatic nitrogens is 1. The first-order valence-corrected chi connectivity index (χ1v) is 6.94. The summed E-state index contributed by atoms with van der Waals surface area (Å²) in [4.78, 5) is 4.04. The number of nitrogens with zero attached hydrogens (tertiary/aromatic N) is 2. The van der Waals surface area contributed by atoms with Crippen LogP contribution in [-0.2, 0) is 5.41 Å². The summed E-state index contributed by atoms with van der Waals surface area (Å²) in [5.74, 6) is 0. The molecule has 0 unspecified atom stereocenters. The van der Waals surface area contributed by atoms with E-state index in [0.29, 0.717) is 11.2 Å². The van der Waals surface area contributed by atoms with Crippen molar-refractivity contribution in [3.8, 4) is 6.07 Å². The van der Waals surface area contributed by atoms with Crippen LogP contribution in [0.1, 0.15) is 18.4 Å². The van der Waals surface area contributed by atoms with Crippen molar-refractivity contribution in [1.29, 1.82) is 5.26 Å². The second-order valence-corrected chi connectivity index (χ2v) is 5.57. The Morgan fingerprint density at radius 1 is 1.20 bits per heavy atom. The number of rotatable bonds is 3. The van der Waals surface area contributed by atoms with Crippen LogP contribution in [0.4, 0.5) is 5.69 Å². The van der Waals surface area contributed by atoms with E-state index in [2.05, 4.69) is 16.4 Å². The smallest absolute Gasteiger partial charge is 0.129 e. The number of hydrogen-bond acceptors (Lipinski definition) is 3. The maximum atomic E-state index is 9.50. The molecule has 3 nitrogen and oxygen atoms in total. The number of nitriles is 1. The van der Waals surface area contributed by atoms with Gasteiger partial charge in [-0.1, -0.05) is 41.9 Å². The molecule has 1 aromatic carbocycles. The molecule has 0 aliphatic heterocycles. The molecular formula is C16H14ClN3. The Labute approximate surface area is 123 Å². The predicted octanol–water partition coefficient (Wildman–Crippen LogP) is 3.77. The van der Waals surface area contributed by atoms with Crippen molar-refractivity contribution < 1.29 is 0 Å². The fourth-order valence-corrected chi connectivity index (χ4v) is 2.84. The van der Waals surface area contributed by atoms with Crippen LogP contribution in [0.15, 0.2) is 48.7 Å². The predicted molar refractivity (Wildman–Crippen MR) is 79.6 cm³/mol. The van der Waals surface area contributed by atoms with E-state index in [1.807, 2.05) is 36.4 Å². The molecule has 1 aromatic heterocycles. The van der Waals surface area contributed by atoms with Crippen LogP contribution < -0.4 is 5.32 Å². The molecule has 1 N–H and O–H groups in total. The van der Waals surface area contributed by atoms with Crippen molar-refractivity contribution in [2.75, 3.05) is 5.32 Å². The minimum atomic E-state index is -0.348. The minimum Gasteiger partial charge on any atom is -0.381 e. The van der Waals surface area contributed by atoms with Gasteiger partial charge in [0.1, 0.15) is 5.15 Å². The Bertz CT molecular complexity index is 625. The van der Waals surface area contributed by atoms with Gasteiger partial charge < -0.3 is 5.32 Å². The first kappa shape index (κ1) is 13.0. The van der Waals surface area contributed by atoms with Crippen molar-refractivity contribution >= 4 is 17.3 Å². The molecule has 4 heteroatoms. The van der Waals surface area contributed by atoms with Crippen molar-refractivity contribution in [3.63, 3.8) is 0 Å². The molecule has 2 aromatic rings. The van der Waals surface area contributed by atoms with E-state index in [9.17, 15) is 5.26 Å². The molecule has 3 rings (SSSR count). The van der Waals surface area contributed by atoms with Crippen LogP contribution in [0.2, 0.25) is 5.15 Å². The topological polar surface area (TPSA) is 48.7 Å². The Morgan fingerprint density at radius 3 is 2.55 bits per heavy atom. The molecule has 1 fully saturated rings. The lowest BCUT2D eigenvalue weighted by molar-refractivity contribution is 0.289. The van der Waals surface area contributed by atoms with Crippen LogP contribution in [-0.4, -0.2) is 11.0 Å². The van der Waals surface area contributed by atoms with E-state index >= 15 is 0 Å². The molecule has 0 atom stereocenters. The van der Waals surface area contributed by atoms with Crippen molar-refractivity contribution in [1.82, 2.24) is 4.98 Å². The molecule has 0 radical (unpaired) electrons. The van der Waals surface area contributed by atoms with E-state index in [0.717, 1.165) is 24.1 Å². The zero-order valence-electron chi connectivity index (χ0n) is 10.9. The highest BCUT2D eigenvalue weighted by Gasteiger charge is 2.46. The normalized spacial score (nSPS) is 24.5. The summed E-state index contributed by atoms with van der Waals surface area (Å²) in [6.45, 7) is 0.